The molecule has 0 spiro atoms. The normalized spacial score (nSPS) is 15.0. The standard InChI is InChI=1S/C10H19NO/c1-6-8(3)9(4)11(7-2)10(5)12/h6,8-9H,1,7H2,2-5H3. The Morgan fingerprint density at radius 2 is 2.08 bits per heavy atom. The molecule has 0 saturated carbocycles. The maximum absolute atomic E-state index is 11.1. The molecule has 0 aromatic carbocycles. The highest BCUT2D eigenvalue weighted by Gasteiger charge is 2.18. The number of hydrogen-bond acceptors (Lipinski definition) is 1. The number of carbonyl (C=O) groups is 1. The van der Waals surface area contributed by atoms with Gasteiger partial charge in [0.1, 0.15) is 0 Å². The lowest BCUT2D eigenvalue weighted by atomic mass is 10.0. The first-order valence-corrected chi connectivity index (χ1v) is 4.44. The van der Waals surface area contributed by atoms with Crippen LogP contribution in [0.2, 0.25) is 0 Å². The Morgan fingerprint density at radius 1 is 1.58 bits per heavy atom. The monoisotopic (exact) mass is 169 g/mol. The van der Waals surface area contributed by atoms with Crippen LogP contribution in [0.15, 0.2) is 12.7 Å². The first-order chi connectivity index (χ1) is 5.54. The summed E-state index contributed by atoms with van der Waals surface area (Å²) in [7, 11) is 0. The SMILES string of the molecule is C=CC(C)C(C)N(CC)C(C)=O. The van der Waals surface area contributed by atoms with E-state index in [-0.39, 0.29) is 11.9 Å². The van der Waals surface area contributed by atoms with E-state index in [1.807, 2.05) is 17.9 Å². The van der Waals surface area contributed by atoms with Gasteiger partial charge in [0.05, 0.1) is 0 Å². The highest BCUT2D eigenvalue weighted by atomic mass is 16.2. The highest BCUT2D eigenvalue weighted by Crippen LogP contribution is 2.11. The molecule has 0 rings (SSSR count). The molecule has 0 bridgehead atoms. The Balaban J connectivity index is 4.29. The number of nitrogens with zero attached hydrogens (tertiary/aromatic N) is 1. The summed E-state index contributed by atoms with van der Waals surface area (Å²) in [4.78, 5) is 13.0. The van der Waals surface area contributed by atoms with Crippen molar-refractivity contribution in [1.29, 1.82) is 0 Å². The number of hydrogen-bond donors (Lipinski definition) is 0. The fraction of sp³-hybridized carbons (Fsp3) is 0.700. The van der Waals surface area contributed by atoms with Gasteiger partial charge in [-0.1, -0.05) is 13.0 Å². The van der Waals surface area contributed by atoms with Gasteiger partial charge >= 0.3 is 0 Å². The van der Waals surface area contributed by atoms with Crippen molar-refractivity contribution >= 4 is 5.91 Å². The summed E-state index contributed by atoms with van der Waals surface area (Å²) in [5.41, 5.74) is 0. The lowest BCUT2D eigenvalue weighted by molar-refractivity contribution is -0.131. The van der Waals surface area contributed by atoms with E-state index in [1.54, 1.807) is 6.92 Å². The molecular weight excluding hydrogens is 150 g/mol. The van der Waals surface area contributed by atoms with Gasteiger partial charge in [-0.05, 0) is 19.8 Å². The summed E-state index contributed by atoms with van der Waals surface area (Å²) in [6.07, 6.45) is 1.89. The number of rotatable bonds is 4. The van der Waals surface area contributed by atoms with Gasteiger partial charge in [0.15, 0.2) is 0 Å². The summed E-state index contributed by atoms with van der Waals surface area (Å²) in [6, 6.07) is 0.255. The Bertz CT molecular complexity index is 165. The molecular formula is C10H19NO. The molecule has 2 heteroatoms. The lowest BCUT2D eigenvalue weighted by Gasteiger charge is -2.30. The molecule has 12 heavy (non-hydrogen) atoms. The Labute approximate surface area is 75.3 Å². The molecule has 0 aromatic heterocycles. The van der Waals surface area contributed by atoms with Crippen LogP contribution < -0.4 is 0 Å². The quantitative estimate of drug-likeness (QED) is 0.590. The summed E-state index contributed by atoms with van der Waals surface area (Å²) in [5, 5.41) is 0. The van der Waals surface area contributed by atoms with Crippen molar-refractivity contribution in [3.05, 3.63) is 12.7 Å². The van der Waals surface area contributed by atoms with Gasteiger partial charge in [-0.2, -0.15) is 0 Å². The maximum Gasteiger partial charge on any atom is 0.219 e. The van der Waals surface area contributed by atoms with E-state index in [4.69, 9.17) is 0 Å². The van der Waals surface area contributed by atoms with E-state index < -0.39 is 0 Å². The molecule has 0 aliphatic heterocycles. The Hall–Kier alpha value is -0.790. The molecule has 1 amide bonds. The predicted octanol–water partition coefficient (Wildman–Crippen LogP) is 2.07. The van der Waals surface area contributed by atoms with Crippen molar-refractivity contribution < 1.29 is 4.79 Å². The van der Waals surface area contributed by atoms with Crippen LogP contribution >= 0.6 is 0 Å². The summed E-state index contributed by atoms with van der Waals surface area (Å²) < 4.78 is 0. The van der Waals surface area contributed by atoms with Gasteiger partial charge < -0.3 is 4.90 Å². The van der Waals surface area contributed by atoms with Crippen molar-refractivity contribution in [2.24, 2.45) is 5.92 Å². The zero-order valence-corrected chi connectivity index (χ0v) is 8.50. The van der Waals surface area contributed by atoms with Gasteiger partial charge in [0.2, 0.25) is 5.91 Å². The topological polar surface area (TPSA) is 20.3 Å². The van der Waals surface area contributed by atoms with Crippen LogP contribution in [-0.2, 0) is 4.79 Å². The molecule has 0 radical (unpaired) electrons. The average molecular weight is 169 g/mol. The summed E-state index contributed by atoms with van der Waals surface area (Å²) in [5.74, 6) is 0.493. The molecule has 2 atom stereocenters. The van der Waals surface area contributed by atoms with Gasteiger partial charge in [-0.3, -0.25) is 4.79 Å². The van der Waals surface area contributed by atoms with E-state index in [2.05, 4.69) is 20.4 Å². The molecule has 70 valence electrons. The maximum atomic E-state index is 11.1. The molecule has 0 heterocycles. The largest absolute Gasteiger partial charge is 0.340 e. The van der Waals surface area contributed by atoms with Crippen molar-refractivity contribution in [3.63, 3.8) is 0 Å². The molecule has 0 aromatic rings. The molecule has 2 unspecified atom stereocenters. The fourth-order valence-electron chi connectivity index (χ4n) is 1.28. The molecule has 0 aliphatic rings. The third-order valence-electron chi connectivity index (χ3n) is 2.37. The smallest absolute Gasteiger partial charge is 0.219 e. The van der Waals surface area contributed by atoms with Crippen molar-refractivity contribution in [3.8, 4) is 0 Å². The molecule has 0 aliphatic carbocycles. The van der Waals surface area contributed by atoms with Crippen molar-refractivity contribution in [2.75, 3.05) is 6.54 Å². The predicted molar refractivity (Wildman–Crippen MR) is 51.9 cm³/mol. The first-order valence-electron chi connectivity index (χ1n) is 4.44. The third-order valence-corrected chi connectivity index (χ3v) is 2.37. The van der Waals surface area contributed by atoms with Crippen LogP contribution in [-0.4, -0.2) is 23.4 Å². The summed E-state index contributed by atoms with van der Waals surface area (Å²) >= 11 is 0. The zero-order chi connectivity index (χ0) is 9.72. The van der Waals surface area contributed by atoms with Gasteiger partial charge in [-0.25, -0.2) is 0 Å². The minimum atomic E-state index is 0.138. The molecule has 0 fully saturated rings. The minimum Gasteiger partial charge on any atom is -0.340 e. The molecule has 2 nitrogen and oxygen atoms in total. The fourth-order valence-corrected chi connectivity index (χ4v) is 1.28. The Kier molecular flexibility index (Phi) is 4.64. The van der Waals surface area contributed by atoms with E-state index in [0.29, 0.717) is 5.92 Å². The third kappa shape index (κ3) is 2.68. The van der Waals surface area contributed by atoms with E-state index in [9.17, 15) is 4.79 Å². The average Bonchev–Trinajstić information content (AvgIpc) is 2.03. The second-order valence-electron chi connectivity index (χ2n) is 3.14. The van der Waals surface area contributed by atoms with Crippen LogP contribution in [0.4, 0.5) is 0 Å². The van der Waals surface area contributed by atoms with Crippen molar-refractivity contribution in [1.82, 2.24) is 4.90 Å². The lowest BCUT2D eigenvalue weighted by Crippen LogP contribution is -2.40. The Morgan fingerprint density at radius 3 is 2.33 bits per heavy atom. The number of amides is 1. The summed E-state index contributed by atoms with van der Waals surface area (Å²) in [6.45, 7) is 12.2. The van der Waals surface area contributed by atoms with Crippen LogP contribution in [0, 0.1) is 5.92 Å². The van der Waals surface area contributed by atoms with E-state index >= 15 is 0 Å². The van der Waals surface area contributed by atoms with Crippen LogP contribution in [0.5, 0.6) is 0 Å². The second-order valence-corrected chi connectivity index (χ2v) is 3.14. The van der Waals surface area contributed by atoms with Crippen LogP contribution in [0.1, 0.15) is 27.7 Å². The van der Waals surface area contributed by atoms with Crippen molar-refractivity contribution in [2.45, 2.75) is 33.7 Å². The van der Waals surface area contributed by atoms with Gasteiger partial charge in [0, 0.05) is 19.5 Å². The first kappa shape index (κ1) is 11.2. The van der Waals surface area contributed by atoms with Crippen LogP contribution in [0.25, 0.3) is 0 Å². The van der Waals surface area contributed by atoms with Gasteiger partial charge in [-0.15, -0.1) is 6.58 Å². The highest BCUT2D eigenvalue weighted by molar-refractivity contribution is 5.73. The molecule has 0 N–H and O–H groups in total. The molecule has 0 saturated heterocycles. The zero-order valence-electron chi connectivity index (χ0n) is 8.50. The minimum absolute atomic E-state index is 0.138. The van der Waals surface area contributed by atoms with E-state index in [1.165, 1.54) is 0 Å². The number of carbonyl (C=O) groups excluding carboxylic acids is 1. The second kappa shape index (κ2) is 4.96. The van der Waals surface area contributed by atoms with E-state index in [0.717, 1.165) is 6.54 Å². The van der Waals surface area contributed by atoms with Gasteiger partial charge in [0.25, 0.3) is 0 Å². The van der Waals surface area contributed by atoms with Crippen LogP contribution in [0.3, 0.4) is 0 Å².